The van der Waals surface area contributed by atoms with E-state index in [2.05, 4.69) is 29.5 Å². The first-order valence-electron chi connectivity index (χ1n) is 6.62. The molecule has 1 heterocycles. The Bertz CT molecular complexity index is 534. The second-order valence-electron chi connectivity index (χ2n) is 4.54. The second-order valence-corrected chi connectivity index (χ2v) is 4.54. The van der Waals surface area contributed by atoms with E-state index >= 15 is 0 Å². The summed E-state index contributed by atoms with van der Waals surface area (Å²) in [5, 5.41) is 7.68. The predicted octanol–water partition coefficient (Wildman–Crippen LogP) is 2.60. The van der Waals surface area contributed by atoms with Crippen molar-refractivity contribution in [3.63, 3.8) is 0 Å². The molecule has 4 nitrogen and oxygen atoms in total. The van der Waals surface area contributed by atoms with E-state index in [1.807, 2.05) is 30.1 Å². The minimum atomic E-state index is 0.839. The van der Waals surface area contributed by atoms with Crippen molar-refractivity contribution < 1.29 is 4.74 Å². The molecule has 1 aromatic carbocycles. The molecule has 1 aromatic heterocycles. The van der Waals surface area contributed by atoms with Gasteiger partial charge in [0, 0.05) is 25.4 Å². The maximum Gasteiger partial charge on any atom is 0.119 e. The van der Waals surface area contributed by atoms with Crippen LogP contribution < -0.4 is 10.1 Å². The van der Waals surface area contributed by atoms with Gasteiger partial charge in [-0.1, -0.05) is 6.92 Å². The molecule has 0 aliphatic heterocycles. The van der Waals surface area contributed by atoms with Crippen LogP contribution in [-0.4, -0.2) is 23.4 Å². The number of aromatic nitrogens is 2. The zero-order valence-corrected chi connectivity index (χ0v) is 11.8. The van der Waals surface area contributed by atoms with Gasteiger partial charge in [-0.25, -0.2) is 0 Å². The number of nitrogens with one attached hydrogen (secondary N) is 1. The number of nitrogens with zero attached hydrogens (tertiary/aromatic N) is 2. The number of methoxy groups -OCH3 is 1. The number of aryl methyl sites for hydroxylation is 1. The standard InChI is InChI=1S/C15H21N3O/c1-4-8-16-11-12-10-13(19-3)5-6-14(12)15-7-9-17-18(15)2/h5-7,9-10,16H,4,8,11H2,1-3H3. The Morgan fingerprint density at radius 1 is 1.32 bits per heavy atom. The van der Waals surface area contributed by atoms with Crippen LogP contribution in [0.25, 0.3) is 11.3 Å². The predicted molar refractivity (Wildman–Crippen MR) is 77.2 cm³/mol. The third-order valence-corrected chi connectivity index (χ3v) is 3.15. The van der Waals surface area contributed by atoms with Gasteiger partial charge in [0.2, 0.25) is 0 Å². The van der Waals surface area contributed by atoms with Gasteiger partial charge < -0.3 is 10.1 Å². The molecule has 0 aliphatic rings. The van der Waals surface area contributed by atoms with Gasteiger partial charge in [0.15, 0.2) is 0 Å². The molecule has 0 unspecified atom stereocenters. The molecule has 0 saturated carbocycles. The molecule has 2 rings (SSSR count). The lowest BCUT2D eigenvalue weighted by atomic mass is 10.0. The summed E-state index contributed by atoms with van der Waals surface area (Å²) in [5.41, 5.74) is 3.55. The molecule has 0 spiro atoms. The van der Waals surface area contributed by atoms with E-state index in [9.17, 15) is 0 Å². The average molecular weight is 259 g/mol. The van der Waals surface area contributed by atoms with E-state index in [4.69, 9.17) is 4.74 Å². The molecule has 0 bridgehead atoms. The molecule has 19 heavy (non-hydrogen) atoms. The highest BCUT2D eigenvalue weighted by Crippen LogP contribution is 2.26. The Morgan fingerprint density at radius 2 is 2.16 bits per heavy atom. The van der Waals surface area contributed by atoms with Crippen molar-refractivity contribution in [3.8, 4) is 17.0 Å². The van der Waals surface area contributed by atoms with Gasteiger partial charge in [0.25, 0.3) is 0 Å². The van der Waals surface area contributed by atoms with Gasteiger partial charge in [-0.15, -0.1) is 0 Å². The van der Waals surface area contributed by atoms with Gasteiger partial charge in [-0.2, -0.15) is 5.10 Å². The van der Waals surface area contributed by atoms with Crippen LogP contribution in [0.3, 0.4) is 0 Å². The Labute approximate surface area is 114 Å². The molecule has 0 aliphatic carbocycles. The summed E-state index contributed by atoms with van der Waals surface area (Å²) in [6.45, 7) is 4.02. The summed E-state index contributed by atoms with van der Waals surface area (Å²) in [5.74, 6) is 0.888. The molecule has 2 aromatic rings. The molecule has 0 atom stereocenters. The van der Waals surface area contributed by atoms with Crippen molar-refractivity contribution in [1.29, 1.82) is 0 Å². The SMILES string of the molecule is CCCNCc1cc(OC)ccc1-c1ccnn1C. The van der Waals surface area contributed by atoms with Crippen molar-refractivity contribution in [2.45, 2.75) is 19.9 Å². The Morgan fingerprint density at radius 3 is 2.79 bits per heavy atom. The second kappa shape index (κ2) is 6.38. The molecule has 4 heteroatoms. The van der Waals surface area contributed by atoms with Gasteiger partial charge >= 0.3 is 0 Å². The summed E-state index contributed by atoms with van der Waals surface area (Å²) in [6, 6.07) is 8.21. The zero-order chi connectivity index (χ0) is 13.7. The van der Waals surface area contributed by atoms with Crippen molar-refractivity contribution in [3.05, 3.63) is 36.0 Å². The molecule has 0 fully saturated rings. The van der Waals surface area contributed by atoms with E-state index in [0.717, 1.165) is 31.0 Å². The van der Waals surface area contributed by atoms with Crippen LogP contribution >= 0.6 is 0 Å². The summed E-state index contributed by atoms with van der Waals surface area (Å²) < 4.78 is 7.21. The fourth-order valence-electron chi connectivity index (χ4n) is 2.13. The number of hydrogen-bond acceptors (Lipinski definition) is 3. The van der Waals surface area contributed by atoms with E-state index < -0.39 is 0 Å². The van der Waals surface area contributed by atoms with Crippen molar-refractivity contribution in [2.75, 3.05) is 13.7 Å². The lowest BCUT2D eigenvalue weighted by molar-refractivity contribution is 0.414. The normalized spacial score (nSPS) is 10.7. The third kappa shape index (κ3) is 3.15. The summed E-state index contributed by atoms with van der Waals surface area (Å²) in [6.07, 6.45) is 2.95. The lowest BCUT2D eigenvalue weighted by Gasteiger charge is -2.12. The minimum absolute atomic E-state index is 0.839. The quantitative estimate of drug-likeness (QED) is 0.810. The smallest absolute Gasteiger partial charge is 0.119 e. The number of benzene rings is 1. The number of hydrogen-bond donors (Lipinski definition) is 1. The zero-order valence-electron chi connectivity index (χ0n) is 11.8. The van der Waals surface area contributed by atoms with E-state index in [-0.39, 0.29) is 0 Å². The maximum absolute atomic E-state index is 5.31. The average Bonchev–Trinajstić information content (AvgIpc) is 2.85. The van der Waals surface area contributed by atoms with Crippen molar-refractivity contribution >= 4 is 0 Å². The summed E-state index contributed by atoms with van der Waals surface area (Å²) in [4.78, 5) is 0. The molecule has 1 N–H and O–H groups in total. The van der Waals surface area contributed by atoms with Gasteiger partial charge in [0.1, 0.15) is 5.75 Å². The van der Waals surface area contributed by atoms with Crippen LogP contribution in [0.1, 0.15) is 18.9 Å². The van der Waals surface area contributed by atoms with E-state index in [1.165, 1.54) is 11.1 Å². The molecule has 0 saturated heterocycles. The fourth-order valence-corrected chi connectivity index (χ4v) is 2.13. The van der Waals surface area contributed by atoms with Gasteiger partial charge in [-0.3, -0.25) is 4.68 Å². The topological polar surface area (TPSA) is 39.1 Å². The highest BCUT2D eigenvalue weighted by atomic mass is 16.5. The van der Waals surface area contributed by atoms with Crippen LogP contribution in [0.15, 0.2) is 30.5 Å². The van der Waals surface area contributed by atoms with Crippen LogP contribution in [0.4, 0.5) is 0 Å². The van der Waals surface area contributed by atoms with Crippen LogP contribution in [0.5, 0.6) is 5.75 Å². The van der Waals surface area contributed by atoms with E-state index in [0.29, 0.717) is 0 Å². The summed E-state index contributed by atoms with van der Waals surface area (Å²) in [7, 11) is 3.66. The van der Waals surface area contributed by atoms with Crippen LogP contribution in [-0.2, 0) is 13.6 Å². The molecular weight excluding hydrogens is 238 g/mol. The van der Waals surface area contributed by atoms with Gasteiger partial charge in [0.05, 0.1) is 12.8 Å². The first-order valence-corrected chi connectivity index (χ1v) is 6.62. The highest BCUT2D eigenvalue weighted by Gasteiger charge is 2.09. The first kappa shape index (κ1) is 13.6. The van der Waals surface area contributed by atoms with Crippen LogP contribution in [0, 0.1) is 0 Å². The maximum atomic E-state index is 5.31. The molecule has 0 amide bonds. The number of ether oxygens (including phenoxy) is 1. The molecule has 0 radical (unpaired) electrons. The minimum Gasteiger partial charge on any atom is -0.497 e. The Hall–Kier alpha value is -1.81. The third-order valence-electron chi connectivity index (χ3n) is 3.15. The van der Waals surface area contributed by atoms with Crippen molar-refractivity contribution in [2.24, 2.45) is 7.05 Å². The first-order chi connectivity index (χ1) is 9.26. The lowest BCUT2D eigenvalue weighted by Crippen LogP contribution is -2.14. The van der Waals surface area contributed by atoms with Crippen LogP contribution in [0.2, 0.25) is 0 Å². The largest absolute Gasteiger partial charge is 0.497 e. The van der Waals surface area contributed by atoms with Gasteiger partial charge in [-0.05, 0) is 42.8 Å². The highest BCUT2D eigenvalue weighted by molar-refractivity contribution is 5.65. The summed E-state index contributed by atoms with van der Waals surface area (Å²) >= 11 is 0. The monoisotopic (exact) mass is 259 g/mol. The molecule has 102 valence electrons. The van der Waals surface area contributed by atoms with E-state index in [1.54, 1.807) is 7.11 Å². The fraction of sp³-hybridized carbons (Fsp3) is 0.400. The molecular formula is C15H21N3O. The Kier molecular flexibility index (Phi) is 4.58. The Balaban J connectivity index is 2.33. The van der Waals surface area contributed by atoms with Crippen molar-refractivity contribution in [1.82, 2.24) is 15.1 Å². The number of rotatable bonds is 6.